The molecule has 3 heterocycles. The van der Waals surface area contributed by atoms with Crippen molar-refractivity contribution in [3.63, 3.8) is 0 Å². The first-order chi connectivity index (χ1) is 10.2. The lowest BCUT2D eigenvalue weighted by Gasteiger charge is -2.10. The fourth-order valence-corrected chi connectivity index (χ4v) is 4.19. The molecule has 1 unspecified atom stereocenters. The Morgan fingerprint density at radius 2 is 2.48 bits per heavy atom. The lowest BCUT2D eigenvalue weighted by molar-refractivity contribution is -0.120. The summed E-state index contributed by atoms with van der Waals surface area (Å²) in [6.07, 6.45) is 2.72. The Hall–Kier alpha value is -1.24. The molecule has 1 N–H and O–H groups in total. The number of nitrogens with one attached hydrogen (secondary N) is 1. The lowest BCUT2D eigenvalue weighted by Crippen LogP contribution is -2.32. The van der Waals surface area contributed by atoms with Gasteiger partial charge < -0.3 is 10.1 Å². The molecule has 0 spiro atoms. The van der Waals surface area contributed by atoms with Crippen molar-refractivity contribution in [2.24, 2.45) is 0 Å². The molecular formula is C15H18N2O2S2. The minimum atomic E-state index is 0.0481. The number of nitrogens with zero attached hydrogens (tertiary/aromatic N) is 1. The normalized spacial score (nSPS) is 18.0. The van der Waals surface area contributed by atoms with E-state index in [1.807, 2.05) is 24.4 Å². The first-order valence-corrected chi connectivity index (χ1v) is 8.80. The Balaban J connectivity index is 1.63. The van der Waals surface area contributed by atoms with Gasteiger partial charge in [-0.2, -0.15) is 0 Å². The number of carbonyl (C=O) groups is 1. The second-order valence-corrected chi connectivity index (χ2v) is 7.33. The molecule has 1 saturated heterocycles. The van der Waals surface area contributed by atoms with Gasteiger partial charge in [0.2, 0.25) is 5.91 Å². The summed E-state index contributed by atoms with van der Waals surface area (Å²) in [6.45, 7) is 3.41. The molecule has 3 rings (SSSR count). The van der Waals surface area contributed by atoms with Crippen LogP contribution in [0.4, 0.5) is 0 Å². The van der Waals surface area contributed by atoms with E-state index in [-0.39, 0.29) is 12.0 Å². The van der Waals surface area contributed by atoms with Crippen LogP contribution in [0, 0.1) is 6.92 Å². The van der Waals surface area contributed by atoms with Gasteiger partial charge in [-0.3, -0.25) is 4.79 Å². The van der Waals surface area contributed by atoms with Crippen molar-refractivity contribution in [2.45, 2.75) is 32.3 Å². The summed E-state index contributed by atoms with van der Waals surface area (Å²) < 4.78 is 5.52. The fraction of sp³-hybridized carbons (Fsp3) is 0.467. The molecule has 2 aromatic rings. The predicted molar refractivity (Wildman–Crippen MR) is 85.9 cm³/mol. The summed E-state index contributed by atoms with van der Waals surface area (Å²) in [5.74, 6) is 0.0481. The van der Waals surface area contributed by atoms with Crippen LogP contribution in [0.25, 0.3) is 10.6 Å². The fourth-order valence-electron chi connectivity index (χ4n) is 2.44. The van der Waals surface area contributed by atoms with E-state index in [4.69, 9.17) is 4.74 Å². The second kappa shape index (κ2) is 6.68. The molecule has 6 heteroatoms. The highest BCUT2D eigenvalue weighted by Gasteiger charge is 2.18. The third-order valence-electron chi connectivity index (χ3n) is 3.43. The van der Waals surface area contributed by atoms with E-state index in [1.54, 1.807) is 22.7 Å². The third-order valence-corrected chi connectivity index (χ3v) is 5.28. The predicted octanol–water partition coefficient (Wildman–Crippen LogP) is 3.02. The van der Waals surface area contributed by atoms with Crippen LogP contribution in [-0.2, 0) is 16.0 Å². The number of aryl methyl sites for hydroxylation is 1. The van der Waals surface area contributed by atoms with Gasteiger partial charge in [-0.1, -0.05) is 6.07 Å². The number of ether oxygens (including phenoxy) is 1. The van der Waals surface area contributed by atoms with Crippen LogP contribution >= 0.6 is 22.7 Å². The number of hydrogen-bond acceptors (Lipinski definition) is 5. The van der Waals surface area contributed by atoms with Crippen molar-refractivity contribution in [1.82, 2.24) is 10.3 Å². The van der Waals surface area contributed by atoms with Gasteiger partial charge >= 0.3 is 0 Å². The number of amides is 1. The van der Waals surface area contributed by atoms with E-state index >= 15 is 0 Å². The Bertz CT molecular complexity index is 601. The Labute approximate surface area is 132 Å². The first kappa shape index (κ1) is 14.7. The van der Waals surface area contributed by atoms with Crippen molar-refractivity contribution in [3.8, 4) is 10.6 Å². The Kier molecular flexibility index (Phi) is 4.67. The molecule has 21 heavy (non-hydrogen) atoms. The monoisotopic (exact) mass is 322 g/mol. The topological polar surface area (TPSA) is 51.2 Å². The van der Waals surface area contributed by atoms with Gasteiger partial charge in [0, 0.05) is 18.0 Å². The quantitative estimate of drug-likeness (QED) is 0.920. The maximum atomic E-state index is 12.1. The van der Waals surface area contributed by atoms with Crippen molar-refractivity contribution in [2.75, 3.05) is 13.2 Å². The lowest BCUT2D eigenvalue weighted by atomic mass is 10.2. The summed E-state index contributed by atoms with van der Waals surface area (Å²) in [5, 5.41) is 6.01. The average Bonchev–Trinajstić information content (AvgIpc) is 3.18. The van der Waals surface area contributed by atoms with E-state index in [0.29, 0.717) is 13.0 Å². The summed E-state index contributed by atoms with van der Waals surface area (Å²) in [7, 11) is 0. The zero-order valence-electron chi connectivity index (χ0n) is 11.9. The van der Waals surface area contributed by atoms with Crippen molar-refractivity contribution >= 4 is 28.6 Å². The van der Waals surface area contributed by atoms with Crippen molar-refractivity contribution < 1.29 is 9.53 Å². The molecule has 0 saturated carbocycles. The van der Waals surface area contributed by atoms with Crippen LogP contribution in [0.15, 0.2) is 17.5 Å². The molecule has 1 fully saturated rings. The number of thiophene rings is 1. The second-order valence-electron chi connectivity index (χ2n) is 5.10. The van der Waals surface area contributed by atoms with Crippen LogP contribution in [-0.4, -0.2) is 30.1 Å². The van der Waals surface area contributed by atoms with Crippen LogP contribution < -0.4 is 5.32 Å². The van der Waals surface area contributed by atoms with Crippen LogP contribution in [0.5, 0.6) is 0 Å². The van der Waals surface area contributed by atoms with Gasteiger partial charge in [0.15, 0.2) is 0 Å². The largest absolute Gasteiger partial charge is 0.376 e. The smallest absolute Gasteiger partial charge is 0.225 e. The van der Waals surface area contributed by atoms with Gasteiger partial charge in [0.05, 0.1) is 28.1 Å². The van der Waals surface area contributed by atoms with Crippen LogP contribution in [0.3, 0.4) is 0 Å². The number of rotatable bonds is 5. The molecule has 112 valence electrons. The highest BCUT2D eigenvalue weighted by Crippen LogP contribution is 2.31. The number of thiazole rings is 1. The Morgan fingerprint density at radius 1 is 1.57 bits per heavy atom. The minimum absolute atomic E-state index is 0.0481. The molecule has 0 bridgehead atoms. The van der Waals surface area contributed by atoms with Gasteiger partial charge in [0.25, 0.3) is 0 Å². The standard InChI is InChI=1S/C15H18N2O2S2/c1-10-17-15(12-5-3-7-20-12)13(21-10)8-14(18)16-9-11-4-2-6-19-11/h3,5,7,11H,2,4,6,8-9H2,1H3,(H,16,18). The molecular weight excluding hydrogens is 304 g/mol. The molecule has 1 aliphatic heterocycles. The first-order valence-electron chi connectivity index (χ1n) is 7.11. The van der Waals surface area contributed by atoms with Crippen LogP contribution in [0.1, 0.15) is 22.7 Å². The van der Waals surface area contributed by atoms with E-state index < -0.39 is 0 Å². The van der Waals surface area contributed by atoms with E-state index in [9.17, 15) is 4.79 Å². The SMILES string of the molecule is Cc1nc(-c2cccs2)c(CC(=O)NCC2CCCO2)s1. The number of hydrogen-bond donors (Lipinski definition) is 1. The highest BCUT2D eigenvalue weighted by atomic mass is 32.1. The molecule has 0 radical (unpaired) electrons. The molecule has 1 atom stereocenters. The number of aromatic nitrogens is 1. The summed E-state index contributed by atoms with van der Waals surface area (Å²) in [6, 6.07) is 4.06. The van der Waals surface area contributed by atoms with Gasteiger partial charge in [-0.05, 0) is 31.2 Å². The minimum Gasteiger partial charge on any atom is -0.376 e. The molecule has 2 aromatic heterocycles. The van der Waals surface area contributed by atoms with Crippen molar-refractivity contribution in [3.05, 3.63) is 27.4 Å². The zero-order chi connectivity index (χ0) is 14.7. The summed E-state index contributed by atoms with van der Waals surface area (Å²) in [5.41, 5.74) is 0.958. The average molecular weight is 322 g/mol. The van der Waals surface area contributed by atoms with Crippen LogP contribution in [0.2, 0.25) is 0 Å². The highest BCUT2D eigenvalue weighted by molar-refractivity contribution is 7.15. The Morgan fingerprint density at radius 3 is 3.19 bits per heavy atom. The molecule has 0 aromatic carbocycles. The van der Waals surface area contributed by atoms with E-state index in [1.165, 1.54) is 0 Å². The molecule has 1 aliphatic rings. The summed E-state index contributed by atoms with van der Waals surface area (Å²) >= 11 is 3.26. The maximum absolute atomic E-state index is 12.1. The molecule has 4 nitrogen and oxygen atoms in total. The van der Waals surface area contributed by atoms with Gasteiger partial charge in [-0.15, -0.1) is 22.7 Å². The van der Waals surface area contributed by atoms with Gasteiger partial charge in [-0.25, -0.2) is 4.98 Å². The third kappa shape index (κ3) is 3.70. The summed E-state index contributed by atoms with van der Waals surface area (Å²) in [4.78, 5) is 18.9. The maximum Gasteiger partial charge on any atom is 0.225 e. The van der Waals surface area contributed by atoms with Crippen molar-refractivity contribution in [1.29, 1.82) is 0 Å². The van der Waals surface area contributed by atoms with E-state index in [0.717, 1.165) is 39.9 Å². The van der Waals surface area contributed by atoms with E-state index in [2.05, 4.69) is 10.3 Å². The molecule has 1 amide bonds. The number of carbonyl (C=O) groups excluding carboxylic acids is 1. The van der Waals surface area contributed by atoms with Gasteiger partial charge in [0.1, 0.15) is 0 Å². The zero-order valence-corrected chi connectivity index (χ0v) is 13.6. The molecule has 0 aliphatic carbocycles.